The van der Waals surface area contributed by atoms with E-state index in [9.17, 15) is 15.3 Å². The molecule has 5 atom stereocenters. The lowest BCUT2D eigenvalue weighted by atomic mass is 10.1. The van der Waals surface area contributed by atoms with E-state index < -0.39 is 33.6 Å². The molecule has 0 aliphatic carbocycles. The van der Waals surface area contributed by atoms with Crippen LogP contribution in [0.25, 0.3) is 0 Å². The average Bonchev–Trinajstić information content (AvgIpc) is 2.19. The van der Waals surface area contributed by atoms with Crippen LogP contribution in [0.2, 0.25) is 6.55 Å². The van der Waals surface area contributed by atoms with Crippen LogP contribution in [-0.2, 0) is 13.3 Å². The normalized spacial score (nSPS) is 56.3. The van der Waals surface area contributed by atoms with E-state index in [4.69, 9.17) is 13.3 Å². The first-order valence-corrected chi connectivity index (χ1v) is 6.30. The van der Waals surface area contributed by atoms with Crippen LogP contribution < -0.4 is 0 Å². The molecule has 2 saturated heterocycles. The number of hydrogen-bond donors (Lipinski definition) is 3. The predicted octanol–water partition coefficient (Wildman–Crippen LogP) is -1.61. The third-order valence-corrected chi connectivity index (χ3v) is 4.23. The number of aliphatic hydroxyl groups is 3. The van der Waals surface area contributed by atoms with Crippen LogP contribution in [0, 0.1) is 0 Å². The van der Waals surface area contributed by atoms with E-state index in [0.717, 1.165) is 0 Å². The smallest absolute Gasteiger partial charge is 0.388 e. The van der Waals surface area contributed by atoms with Gasteiger partial charge in [-0.3, -0.25) is 0 Å². The number of rotatable bonds is 0. The highest BCUT2D eigenvalue weighted by Crippen LogP contribution is 2.32. The standard InChI is InChI=1S/C6H12O6Si/c1-13-10-4(6(9)12-13)2-3(7)5(8)11-13/h3-9H,2H2,1H3. The second kappa shape index (κ2) is 2.99. The maximum Gasteiger partial charge on any atom is 0.502 e. The number of fused-ring (bicyclic) bond motifs is 2. The van der Waals surface area contributed by atoms with Gasteiger partial charge in [0.1, 0.15) is 12.2 Å². The zero-order valence-corrected chi connectivity index (χ0v) is 8.08. The summed E-state index contributed by atoms with van der Waals surface area (Å²) in [6, 6.07) is 0. The minimum absolute atomic E-state index is 0.116. The Labute approximate surface area is 76.0 Å². The Kier molecular flexibility index (Phi) is 2.19. The minimum Gasteiger partial charge on any atom is -0.388 e. The zero-order chi connectivity index (χ0) is 9.64. The van der Waals surface area contributed by atoms with Gasteiger partial charge in [-0.05, 0) is 0 Å². The average molecular weight is 208 g/mol. The number of hydrogen-bond acceptors (Lipinski definition) is 6. The molecule has 13 heavy (non-hydrogen) atoms. The first kappa shape index (κ1) is 9.53. The maximum atomic E-state index is 9.31. The molecule has 2 aliphatic heterocycles. The quantitative estimate of drug-likeness (QED) is 0.415. The molecule has 2 rings (SSSR count). The van der Waals surface area contributed by atoms with E-state index >= 15 is 0 Å². The molecule has 0 aromatic carbocycles. The predicted molar refractivity (Wildman–Crippen MR) is 41.3 cm³/mol. The Morgan fingerprint density at radius 1 is 1.08 bits per heavy atom. The maximum absolute atomic E-state index is 9.31. The SMILES string of the molecule is C[Si]12OC(O)C(O)CC(O1)C(O)O2. The van der Waals surface area contributed by atoms with E-state index in [-0.39, 0.29) is 6.42 Å². The second-order valence-corrected chi connectivity index (χ2v) is 5.77. The highest BCUT2D eigenvalue weighted by atomic mass is 28.4. The Hall–Kier alpha value is -0.0231. The van der Waals surface area contributed by atoms with Crippen molar-refractivity contribution in [2.24, 2.45) is 0 Å². The summed E-state index contributed by atoms with van der Waals surface area (Å²) < 4.78 is 15.3. The first-order valence-electron chi connectivity index (χ1n) is 4.08. The van der Waals surface area contributed by atoms with Gasteiger partial charge in [0.25, 0.3) is 0 Å². The van der Waals surface area contributed by atoms with E-state index in [0.29, 0.717) is 0 Å². The second-order valence-electron chi connectivity index (χ2n) is 3.34. The summed E-state index contributed by atoms with van der Waals surface area (Å²) in [4.78, 5) is 0. The van der Waals surface area contributed by atoms with Gasteiger partial charge in [0.15, 0.2) is 12.6 Å². The molecule has 0 spiro atoms. The summed E-state index contributed by atoms with van der Waals surface area (Å²) in [5.41, 5.74) is 0. The van der Waals surface area contributed by atoms with Crippen molar-refractivity contribution < 1.29 is 28.6 Å². The Balaban J connectivity index is 2.17. The molecule has 3 N–H and O–H groups in total. The van der Waals surface area contributed by atoms with Crippen molar-refractivity contribution >= 4 is 8.80 Å². The molecule has 5 unspecified atom stereocenters. The third kappa shape index (κ3) is 1.64. The fourth-order valence-electron chi connectivity index (χ4n) is 1.53. The monoisotopic (exact) mass is 208 g/mol. The van der Waals surface area contributed by atoms with Crippen molar-refractivity contribution in [1.29, 1.82) is 0 Å². The molecule has 2 bridgehead atoms. The summed E-state index contributed by atoms with van der Waals surface area (Å²) in [6.45, 7) is 1.57. The molecule has 0 saturated carbocycles. The Morgan fingerprint density at radius 3 is 2.38 bits per heavy atom. The van der Waals surface area contributed by atoms with Gasteiger partial charge in [-0.1, -0.05) is 0 Å². The van der Waals surface area contributed by atoms with Crippen LogP contribution in [0.1, 0.15) is 6.42 Å². The van der Waals surface area contributed by atoms with Gasteiger partial charge in [-0.15, -0.1) is 0 Å². The molecular weight excluding hydrogens is 196 g/mol. The highest BCUT2D eigenvalue weighted by Gasteiger charge is 2.54. The zero-order valence-electron chi connectivity index (χ0n) is 7.08. The molecule has 2 fully saturated rings. The summed E-state index contributed by atoms with van der Waals surface area (Å²) >= 11 is 0. The summed E-state index contributed by atoms with van der Waals surface area (Å²) in [7, 11) is -2.91. The van der Waals surface area contributed by atoms with Crippen LogP contribution in [0.15, 0.2) is 0 Å². The lowest BCUT2D eigenvalue weighted by Crippen LogP contribution is -2.44. The molecule has 0 amide bonds. The van der Waals surface area contributed by atoms with Crippen molar-refractivity contribution in [2.75, 3.05) is 0 Å². The van der Waals surface area contributed by atoms with Crippen molar-refractivity contribution in [1.82, 2.24) is 0 Å². The molecular formula is C6H12O6Si. The highest BCUT2D eigenvalue weighted by molar-refractivity contribution is 6.59. The van der Waals surface area contributed by atoms with Gasteiger partial charge in [0.2, 0.25) is 0 Å². The molecule has 7 heteroatoms. The van der Waals surface area contributed by atoms with Gasteiger partial charge >= 0.3 is 8.80 Å². The summed E-state index contributed by atoms with van der Waals surface area (Å²) in [6.07, 6.45) is -3.85. The van der Waals surface area contributed by atoms with Crippen LogP contribution in [0.5, 0.6) is 0 Å². The van der Waals surface area contributed by atoms with Crippen LogP contribution in [0.3, 0.4) is 0 Å². The first-order chi connectivity index (χ1) is 6.00. The van der Waals surface area contributed by atoms with Crippen molar-refractivity contribution in [3.05, 3.63) is 0 Å². The third-order valence-electron chi connectivity index (χ3n) is 2.16. The summed E-state index contributed by atoms with van der Waals surface area (Å²) in [5, 5.41) is 27.9. The molecule has 0 aromatic rings. The van der Waals surface area contributed by atoms with Crippen molar-refractivity contribution in [2.45, 2.75) is 37.8 Å². The number of aliphatic hydroxyl groups excluding tert-OH is 3. The fourth-order valence-corrected chi connectivity index (χ4v) is 3.64. The molecule has 2 aliphatic rings. The fraction of sp³-hybridized carbons (Fsp3) is 1.00. The van der Waals surface area contributed by atoms with Crippen molar-refractivity contribution in [3.63, 3.8) is 0 Å². The lowest BCUT2D eigenvalue weighted by molar-refractivity contribution is -0.147. The van der Waals surface area contributed by atoms with Gasteiger partial charge in [-0.2, -0.15) is 0 Å². The summed E-state index contributed by atoms with van der Waals surface area (Å²) in [5.74, 6) is 0. The van der Waals surface area contributed by atoms with E-state index in [1.165, 1.54) is 0 Å². The minimum atomic E-state index is -2.91. The Bertz CT molecular complexity index is 213. The van der Waals surface area contributed by atoms with E-state index in [1.54, 1.807) is 6.55 Å². The van der Waals surface area contributed by atoms with Crippen LogP contribution >= 0.6 is 0 Å². The van der Waals surface area contributed by atoms with E-state index in [1.807, 2.05) is 0 Å². The van der Waals surface area contributed by atoms with Gasteiger partial charge in [-0.25, -0.2) is 0 Å². The molecule has 2 heterocycles. The van der Waals surface area contributed by atoms with E-state index in [2.05, 4.69) is 0 Å². The van der Waals surface area contributed by atoms with Gasteiger partial charge in [0.05, 0.1) is 0 Å². The lowest BCUT2D eigenvalue weighted by Gasteiger charge is -2.24. The van der Waals surface area contributed by atoms with Crippen molar-refractivity contribution in [3.8, 4) is 0 Å². The van der Waals surface area contributed by atoms with Gasteiger partial charge < -0.3 is 28.6 Å². The largest absolute Gasteiger partial charge is 0.502 e. The van der Waals surface area contributed by atoms with Gasteiger partial charge in [0, 0.05) is 13.0 Å². The van der Waals surface area contributed by atoms with Crippen LogP contribution in [-0.4, -0.2) is 48.9 Å². The topological polar surface area (TPSA) is 88.4 Å². The molecule has 0 radical (unpaired) electrons. The molecule has 0 aromatic heterocycles. The van der Waals surface area contributed by atoms with Crippen LogP contribution in [0.4, 0.5) is 0 Å². The molecule has 6 nitrogen and oxygen atoms in total. The molecule has 76 valence electrons. The Morgan fingerprint density at radius 2 is 1.69 bits per heavy atom.